The largest absolute Gasteiger partial charge is 0.441 e. The number of likely N-dealkylation sites (tertiary alicyclic amines) is 1. The summed E-state index contributed by atoms with van der Waals surface area (Å²) < 4.78 is 5.90. The van der Waals surface area contributed by atoms with E-state index in [1.807, 2.05) is 31.2 Å². The highest BCUT2D eigenvalue weighted by Crippen LogP contribution is 2.25. The number of hydrogen-bond donors (Lipinski definition) is 1. The highest BCUT2D eigenvalue weighted by atomic mass is 35.5. The van der Waals surface area contributed by atoms with Crippen molar-refractivity contribution in [2.45, 2.75) is 65.8 Å². The van der Waals surface area contributed by atoms with E-state index in [0.29, 0.717) is 10.9 Å². The van der Waals surface area contributed by atoms with Crippen LogP contribution in [0.1, 0.15) is 63.8 Å². The summed E-state index contributed by atoms with van der Waals surface area (Å²) in [5.74, 6) is 1.80. The van der Waals surface area contributed by atoms with Crippen LogP contribution in [0.5, 0.6) is 0 Å². The van der Waals surface area contributed by atoms with Gasteiger partial charge in [0.2, 0.25) is 11.8 Å². The van der Waals surface area contributed by atoms with Gasteiger partial charge in [-0.05, 0) is 83.1 Å². The van der Waals surface area contributed by atoms with E-state index in [0.717, 1.165) is 75.7 Å². The number of aryl methyl sites for hydroxylation is 1. The number of nitrogens with zero attached hydrogens (tertiary/aromatic N) is 3. The van der Waals surface area contributed by atoms with Crippen LogP contribution in [-0.2, 0) is 11.3 Å². The molecule has 1 fully saturated rings. The van der Waals surface area contributed by atoms with Crippen LogP contribution in [0.4, 0.5) is 0 Å². The van der Waals surface area contributed by atoms with E-state index in [4.69, 9.17) is 21.0 Å². The van der Waals surface area contributed by atoms with E-state index >= 15 is 0 Å². The zero-order valence-corrected chi connectivity index (χ0v) is 21.9. The molecule has 6 nitrogen and oxygen atoms in total. The third-order valence-electron chi connectivity index (χ3n) is 6.70. The first-order chi connectivity index (χ1) is 16.5. The van der Waals surface area contributed by atoms with Gasteiger partial charge in [0.1, 0.15) is 5.76 Å². The number of nitrogens with one attached hydrogen (secondary N) is 1. The summed E-state index contributed by atoms with van der Waals surface area (Å²) in [7, 11) is 0. The average molecular weight is 489 g/mol. The van der Waals surface area contributed by atoms with Crippen molar-refractivity contribution < 1.29 is 9.21 Å². The molecule has 0 bridgehead atoms. The van der Waals surface area contributed by atoms with Crippen molar-refractivity contribution in [3.8, 4) is 11.5 Å². The van der Waals surface area contributed by atoms with Crippen LogP contribution in [0.25, 0.3) is 11.5 Å². The molecule has 0 spiro atoms. The molecule has 0 unspecified atom stereocenters. The molecule has 3 rings (SSSR count). The van der Waals surface area contributed by atoms with Crippen LogP contribution in [0.2, 0.25) is 5.02 Å². The van der Waals surface area contributed by atoms with Gasteiger partial charge in [-0.2, -0.15) is 0 Å². The Hall–Kier alpha value is -1.89. The predicted molar refractivity (Wildman–Crippen MR) is 139 cm³/mol. The first-order valence-corrected chi connectivity index (χ1v) is 13.3. The summed E-state index contributed by atoms with van der Waals surface area (Å²) >= 11 is 5.99. The fourth-order valence-corrected chi connectivity index (χ4v) is 4.56. The monoisotopic (exact) mass is 488 g/mol. The van der Waals surface area contributed by atoms with Crippen molar-refractivity contribution in [1.82, 2.24) is 20.1 Å². The first-order valence-electron chi connectivity index (χ1n) is 12.9. The minimum Gasteiger partial charge on any atom is -0.441 e. The van der Waals surface area contributed by atoms with Gasteiger partial charge in [-0.3, -0.25) is 9.69 Å². The number of halogens is 1. The van der Waals surface area contributed by atoms with E-state index < -0.39 is 0 Å². The van der Waals surface area contributed by atoms with Crippen LogP contribution < -0.4 is 5.32 Å². The maximum atomic E-state index is 12.7. The van der Waals surface area contributed by atoms with E-state index in [-0.39, 0.29) is 11.8 Å². The SMILES string of the molecule is CCCCN(CCCC)CCNC(=O)C1CCN(Cc2nc(-c3ccc(Cl)cc3)oc2C)CC1. The van der Waals surface area contributed by atoms with Gasteiger partial charge in [0.15, 0.2) is 0 Å². The number of unbranched alkanes of at least 4 members (excludes halogenated alkanes) is 2. The molecule has 2 aromatic rings. The molecule has 0 saturated carbocycles. The Labute approximate surface area is 210 Å². The minimum absolute atomic E-state index is 0.110. The Kier molecular flexibility index (Phi) is 10.9. The lowest BCUT2D eigenvalue weighted by Crippen LogP contribution is -2.42. The highest BCUT2D eigenvalue weighted by molar-refractivity contribution is 6.30. The third kappa shape index (κ3) is 8.10. The summed E-state index contributed by atoms with van der Waals surface area (Å²) in [5.41, 5.74) is 1.89. The quantitative estimate of drug-likeness (QED) is 0.401. The normalized spacial score (nSPS) is 15.2. The summed E-state index contributed by atoms with van der Waals surface area (Å²) in [6.07, 6.45) is 6.66. The van der Waals surface area contributed by atoms with Gasteiger partial charge in [0.25, 0.3) is 0 Å². The van der Waals surface area contributed by atoms with Gasteiger partial charge in [0.05, 0.1) is 5.69 Å². The summed E-state index contributed by atoms with van der Waals surface area (Å²) in [4.78, 5) is 22.3. The van der Waals surface area contributed by atoms with Gasteiger partial charge in [-0.25, -0.2) is 4.98 Å². The first kappa shape index (κ1) is 26.7. The maximum absolute atomic E-state index is 12.7. The lowest BCUT2D eigenvalue weighted by Gasteiger charge is -2.31. The van der Waals surface area contributed by atoms with Gasteiger partial charge < -0.3 is 14.6 Å². The number of rotatable bonds is 13. The van der Waals surface area contributed by atoms with Crippen molar-refractivity contribution in [2.24, 2.45) is 5.92 Å². The zero-order chi connectivity index (χ0) is 24.3. The van der Waals surface area contributed by atoms with Crippen LogP contribution in [0.15, 0.2) is 28.7 Å². The second kappa shape index (κ2) is 13.9. The molecule has 1 aliphatic rings. The molecule has 0 radical (unpaired) electrons. The molecule has 188 valence electrons. The van der Waals surface area contributed by atoms with E-state index in [1.165, 1.54) is 25.7 Å². The molecule has 1 N–H and O–H groups in total. The molecule has 34 heavy (non-hydrogen) atoms. The minimum atomic E-state index is 0.110. The van der Waals surface area contributed by atoms with Gasteiger partial charge in [0, 0.05) is 36.1 Å². The molecular weight excluding hydrogens is 448 g/mol. The smallest absolute Gasteiger partial charge is 0.226 e. The van der Waals surface area contributed by atoms with Crippen molar-refractivity contribution in [3.05, 3.63) is 40.7 Å². The summed E-state index contributed by atoms with van der Waals surface area (Å²) in [6, 6.07) is 7.54. The number of carbonyl (C=O) groups excluding carboxylic acids is 1. The predicted octanol–water partition coefficient (Wildman–Crippen LogP) is 5.53. The molecule has 0 atom stereocenters. The maximum Gasteiger partial charge on any atom is 0.226 e. The molecule has 0 aliphatic carbocycles. The molecular formula is C27H41ClN4O2. The third-order valence-corrected chi connectivity index (χ3v) is 6.95. The van der Waals surface area contributed by atoms with E-state index in [1.54, 1.807) is 0 Å². The number of hydrogen-bond acceptors (Lipinski definition) is 5. The molecule has 1 aromatic carbocycles. The molecule has 7 heteroatoms. The lowest BCUT2D eigenvalue weighted by atomic mass is 9.96. The van der Waals surface area contributed by atoms with Crippen LogP contribution in [0.3, 0.4) is 0 Å². The van der Waals surface area contributed by atoms with Crippen molar-refractivity contribution in [3.63, 3.8) is 0 Å². The fourth-order valence-electron chi connectivity index (χ4n) is 4.44. The zero-order valence-electron chi connectivity index (χ0n) is 21.1. The molecule has 1 amide bonds. The number of oxazole rings is 1. The number of piperidine rings is 1. The molecule has 1 saturated heterocycles. The van der Waals surface area contributed by atoms with Crippen LogP contribution in [-0.4, -0.2) is 60.0 Å². The van der Waals surface area contributed by atoms with Gasteiger partial charge >= 0.3 is 0 Å². The highest BCUT2D eigenvalue weighted by Gasteiger charge is 2.26. The Morgan fingerprint density at radius 2 is 1.76 bits per heavy atom. The molecule has 1 aromatic heterocycles. The summed E-state index contributed by atoms with van der Waals surface area (Å²) in [5, 5.41) is 3.90. The van der Waals surface area contributed by atoms with Crippen LogP contribution >= 0.6 is 11.6 Å². The average Bonchev–Trinajstić information content (AvgIpc) is 3.21. The molecule has 1 aliphatic heterocycles. The molecule has 2 heterocycles. The van der Waals surface area contributed by atoms with E-state index in [2.05, 4.69) is 29.0 Å². The van der Waals surface area contributed by atoms with Crippen molar-refractivity contribution in [2.75, 3.05) is 39.3 Å². The van der Waals surface area contributed by atoms with Gasteiger partial charge in [-0.1, -0.05) is 38.3 Å². The lowest BCUT2D eigenvalue weighted by molar-refractivity contribution is -0.126. The number of carbonyl (C=O) groups is 1. The van der Waals surface area contributed by atoms with Gasteiger partial charge in [-0.15, -0.1) is 0 Å². The number of amides is 1. The number of aromatic nitrogens is 1. The van der Waals surface area contributed by atoms with E-state index in [9.17, 15) is 4.79 Å². The Morgan fingerprint density at radius 1 is 1.12 bits per heavy atom. The Balaban J connectivity index is 1.41. The fraction of sp³-hybridized carbons (Fsp3) is 0.630. The summed E-state index contributed by atoms with van der Waals surface area (Å²) in [6.45, 7) is 12.9. The second-order valence-corrected chi connectivity index (χ2v) is 9.86. The topological polar surface area (TPSA) is 61.6 Å². The standard InChI is InChI=1S/C27H41ClN4O2/c1-4-6-15-31(16-7-5-2)19-14-29-26(33)22-12-17-32(18-13-22)20-25-21(3)34-27(30-25)23-8-10-24(28)11-9-23/h8-11,22H,4-7,12-20H2,1-3H3,(H,29,33). The van der Waals surface area contributed by atoms with Crippen molar-refractivity contribution in [1.29, 1.82) is 0 Å². The van der Waals surface area contributed by atoms with Crippen molar-refractivity contribution >= 4 is 17.5 Å². The number of benzene rings is 1. The Morgan fingerprint density at radius 3 is 2.38 bits per heavy atom. The Bertz CT molecular complexity index is 867. The second-order valence-electron chi connectivity index (χ2n) is 9.42. The van der Waals surface area contributed by atoms with Crippen LogP contribution in [0, 0.1) is 12.8 Å².